The Labute approximate surface area is 104 Å². The monoisotopic (exact) mass is 279 g/mol. The van der Waals surface area contributed by atoms with E-state index in [4.69, 9.17) is 0 Å². The highest BCUT2D eigenvalue weighted by atomic mass is 79.9. The molecule has 1 aromatic carbocycles. The molecule has 84 valence electrons. The second kappa shape index (κ2) is 5.27. The molecule has 0 fully saturated rings. The first-order valence-corrected chi connectivity index (χ1v) is 5.97. The fraction of sp³-hybridized carbons (Fsp3) is 0.250. The molecule has 1 aromatic heterocycles. The van der Waals surface area contributed by atoms with Crippen molar-refractivity contribution >= 4 is 15.9 Å². The van der Waals surface area contributed by atoms with Crippen LogP contribution < -0.4 is 5.32 Å². The van der Waals surface area contributed by atoms with E-state index in [9.17, 15) is 0 Å². The third kappa shape index (κ3) is 2.93. The summed E-state index contributed by atoms with van der Waals surface area (Å²) in [7, 11) is 1.92. The van der Waals surface area contributed by atoms with Gasteiger partial charge in [0.2, 0.25) is 0 Å². The van der Waals surface area contributed by atoms with Gasteiger partial charge < -0.3 is 5.32 Å². The smallest absolute Gasteiger partial charge is 0.0904 e. The van der Waals surface area contributed by atoms with Crippen LogP contribution in [0.3, 0.4) is 0 Å². The summed E-state index contributed by atoms with van der Waals surface area (Å²) < 4.78 is 2.86. The van der Waals surface area contributed by atoms with E-state index in [1.165, 1.54) is 5.56 Å². The van der Waals surface area contributed by atoms with Crippen LogP contribution in [0.25, 0.3) is 0 Å². The third-order valence-corrected chi connectivity index (χ3v) is 2.98. The lowest BCUT2D eigenvalue weighted by molar-refractivity contribution is 0.655. The third-order valence-electron chi connectivity index (χ3n) is 2.32. The molecular formula is C12H14BrN3. The minimum Gasteiger partial charge on any atom is -0.307 e. The average Bonchev–Trinajstić information content (AvgIpc) is 2.59. The summed E-state index contributed by atoms with van der Waals surface area (Å²) in [6, 6.07) is 10.3. The Morgan fingerprint density at radius 2 is 2.00 bits per heavy atom. The fourth-order valence-electron chi connectivity index (χ4n) is 1.55. The number of nitrogens with one attached hydrogen (secondary N) is 1. The molecule has 2 aromatic rings. The van der Waals surface area contributed by atoms with Crippen molar-refractivity contribution in [1.82, 2.24) is 15.1 Å². The number of rotatable bonds is 4. The maximum atomic E-state index is 4.35. The molecule has 0 radical (unpaired) electrons. The van der Waals surface area contributed by atoms with Gasteiger partial charge in [-0.2, -0.15) is 5.10 Å². The summed E-state index contributed by atoms with van der Waals surface area (Å²) in [5.41, 5.74) is 2.33. The number of halogens is 1. The van der Waals surface area contributed by atoms with Gasteiger partial charge >= 0.3 is 0 Å². The van der Waals surface area contributed by atoms with Crippen molar-refractivity contribution in [3.63, 3.8) is 0 Å². The van der Waals surface area contributed by atoms with E-state index in [1.54, 1.807) is 0 Å². The highest BCUT2D eigenvalue weighted by molar-refractivity contribution is 9.10. The van der Waals surface area contributed by atoms with Gasteiger partial charge in [-0.25, -0.2) is 0 Å². The Morgan fingerprint density at radius 1 is 1.25 bits per heavy atom. The molecule has 0 bridgehead atoms. The summed E-state index contributed by atoms with van der Waals surface area (Å²) in [6.45, 7) is 1.64. The normalized spacial score (nSPS) is 10.6. The molecule has 16 heavy (non-hydrogen) atoms. The lowest BCUT2D eigenvalue weighted by atomic mass is 10.2. The predicted octanol–water partition coefficient (Wildman–Crippen LogP) is 2.47. The summed E-state index contributed by atoms with van der Waals surface area (Å²) >= 11 is 3.48. The minimum atomic E-state index is 0.774. The van der Waals surface area contributed by atoms with Crippen LogP contribution in [0.4, 0.5) is 0 Å². The molecular weight excluding hydrogens is 266 g/mol. The molecule has 0 spiro atoms. The molecule has 0 saturated carbocycles. The molecule has 2 rings (SSSR count). The fourth-order valence-corrected chi connectivity index (χ4v) is 2.06. The van der Waals surface area contributed by atoms with E-state index in [0.29, 0.717) is 0 Å². The standard InChI is InChI=1S/C12H14BrN3/c1-16-9-11(13)12(15-16)8-14-7-10-5-3-2-4-6-10/h2-6,9,14H,7-8H2,1H3. The topological polar surface area (TPSA) is 29.9 Å². The van der Waals surface area contributed by atoms with E-state index in [2.05, 4.69) is 38.5 Å². The number of nitrogens with zero attached hydrogens (tertiary/aromatic N) is 2. The second-order valence-corrected chi connectivity index (χ2v) is 4.54. The zero-order valence-corrected chi connectivity index (χ0v) is 10.7. The number of benzene rings is 1. The highest BCUT2D eigenvalue weighted by Gasteiger charge is 2.03. The van der Waals surface area contributed by atoms with Crippen LogP contribution in [0.15, 0.2) is 41.0 Å². The van der Waals surface area contributed by atoms with Crippen LogP contribution in [0.1, 0.15) is 11.3 Å². The molecule has 0 aliphatic carbocycles. The van der Waals surface area contributed by atoms with E-state index < -0.39 is 0 Å². The summed E-state index contributed by atoms with van der Waals surface area (Å²) in [4.78, 5) is 0. The van der Waals surface area contributed by atoms with Gasteiger partial charge in [-0.3, -0.25) is 4.68 Å². The van der Waals surface area contributed by atoms with Crippen molar-refractivity contribution in [3.8, 4) is 0 Å². The Hall–Kier alpha value is -1.13. The van der Waals surface area contributed by atoms with Crippen molar-refractivity contribution in [3.05, 3.63) is 52.3 Å². The van der Waals surface area contributed by atoms with Crippen LogP contribution >= 0.6 is 15.9 Å². The molecule has 4 heteroatoms. The Bertz CT molecular complexity index is 451. The maximum Gasteiger partial charge on any atom is 0.0904 e. The van der Waals surface area contributed by atoms with E-state index in [0.717, 1.165) is 23.3 Å². The molecule has 0 atom stereocenters. The Morgan fingerprint density at radius 3 is 2.62 bits per heavy atom. The van der Waals surface area contributed by atoms with Gasteiger partial charge in [0.05, 0.1) is 10.2 Å². The first kappa shape index (κ1) is 11.4. The average molecular weight is 280 g/mol. The van der Waals surface area contributed by atoms with E-state index >= 15 is 0 Å². The molecule has 3 nitrogen and oxygen atoms in total. The number of aromatic nitrogens is 2. The second-order valence-electron chi connectivity index (χ2n) is 3.69. The zero-order chi connectivity index (χ0) is 11.4. The quantitative estimate of drug-likeness (QED) is 0.932. The van der Waals surface area contributed by atoms with Gasteiger partial charge in [-0.05, 0) is 21.5 Å². The van der Waals surface area contributed by atoms with Gasteiger partial charge in [0.1, 0.15) is 0 Å². The van der Waals surface area contributed by atoms with Gasteiger partial charge in [0.25, 0.3) is 0 Å². The van der Waals surface area contributed by atoms with Crippen LogP contribution in [-0.2, 0) is 20.1 Å². The summed E-state index contributed by atoms with van der Waals surface area (Å²) in [5.74, 6) is 0. The summed E-state index contributed by atoms with van der Waals surface area (Å²) in [5, 5.41) is 7.71. The highest BCUT2D eigenvalue weighted by Crippen LogP contribution is 2.13. The van der Waals surface area contributed by atoms with Crippen molar-refractivity contribution in [1.29, 1.82) is 0 Å². The molecule has 0 unspecified atom stereocenters. The Balaban J connectivity index is 1.87. The van der Waals surface area contributed by atoms with Crippen LogP contribution in [0.2, 0.25) is 0 Å². The van der Waals surface area contributed by atoms with Crippen LogP contribution in [0.5, 0.6) is 0 Å². The molecule has 1 heterocycles. The molecule has 0 aliphatic heterocycles. The van der Waals surface area contributed by atoms with Crippen molar-refractivity contribution in [2.24, 2.45) is 7.05 Å². The summed E-state index contributed by atoms with van der Waals surface area (Å²) in [6.07, 6.45) is 1.96. The number of hydrogen-bond donors (Lipinski definition) is 1. The van der Waals surface area contributed by atoms with Crippen molar-refractivity contribution < 1.29 is 0 Å². The van der Waals surface area contributed by atoms with E-state index in [-0.39, 0.29) is 0 Å². The number of aryl methyl sites for hydroxylation is 1. The molecule has 1 N–H and O–H groups in total. The van der Waals surface area contributed by atoms with Gasteiger partial charge in [-0.15, -0.1) is 0 Å². The maximum absolute atomic E-state index is 4.35. The molecule has 0 amide bonds. The lowest BCUT2D eigenvalue weighted by Crippen LogP contribution is -2.13. The van der Waals surface area contributed by atoms with Crippen molar-refractivity contribution in [2.45, 2.75) is 13.1 Å². The van der Waals surface area contributed by atoms with Crippen molar-refractivity contribution in [2.75, 3.05) is 0 Å². The largest absolute Gasteiger partial charge is 0.307 e. The van der Waals surface area contributed by atoms with E-state index in [1.807, 2.05) is 36.1 Å². The lowest BCUT2D eigenvalue weighted by Gasteiger charge is -2.02. The van der Waals surface area contributed by atoms with Gasteiger partial charge in [-0.1, -0.05) is 30.3 Å². The molecule has 0 saturated heterocycles. The van der Waals surface area contributed by atoms with Crippen LogP contribution in [-0.4, -0.2) is 9.78 Å². The zero-order valence-electron chi connectivity index (χ0n) is 9.15. The minimum absolute atomic E-state index is 0.774. The first-order valence-electron chi connectivity index (χ1n) is 5.18. The van der Waals surface area contributed by atoms with Gasteiger partial charge in [0, 0.05) is 26.3 Å². The predicted molar refractivity (Wildman–Crippen MR) is 67.9 cm³/mol. The first-order chi connectivity index (χ1) is 7.75. The Kier molecular flexibility index (Phi) is 3.74. The molecule has 0 aliphatic rings. The SMILES string of the molecule is Cn1cc(Br)c(CNCc2ccccc2)n1. The van der Waals surface area contributed by atoms with Gasteiger partial charge in [0.15, 0.2) is 0 Å². The van der Waals surface area contributed by atoms with Crippen LogP contribution in [0, 0.1) is 0 Å². The number of hydrogen-bond acceptors (Lipinski definition) is 2.